The van der Waals surface area contributed by atoms with Crippen molar-refractivity contribution in [1.82, 2.24) is 4.90 Å². The second-order valence-corrected chi connectivity index (χ2v) is 7.26. The van der Waals surface area contributed by atoms with Gasteiger partial charge in [-0.25, -0.2) is 0 Å². The Bertz CT molecular complexity index is 648. The summed E-state index contributed by atoms with van der Waals surface area (Å²) in [6, 6.07) is 18.4. The van der Waals surface area contributed by atoms with Crippen molar-refractivity contribution >= 4 is 17.7 Å². The van der Waals surface area contributed by atoms with E-state index < -0.39 is 0 Å². The van der Waals surface area contributed by atoms with E-state index >= 15 is 0 Å². The van der Waals surface area contributed by atoms with E-state index in [9.17, 15) is 4.79 Å². The normalized spacial score (nSPS) is 15.6. The average molecular weight is 325 g/mol. The van der Waals surface area contributed by atoms with Gasteiger partial charge in [0.2, 0.25) is 0 Å². The van der Waals surface area contributed by atoms with Crippen molar-refractivity contribution in [3.63, 3.8) is 0 Å². The number of amides is 1. The third kappa shape index (κ3) is 4.17. The summed E-state index contributed by atoms with van der Waals surface area (Å²) in [4.78, 5) is 16.0. The van der Waals surface area contributed by atoms with Crippen molar-refractivity contribution in [3.8, 4) is 0 Å². The summed E-state index contributed by atoms with van der Waals surface area (Å²) in [5.74, 6) is 1.82. The Balaban J connectivity index is 1.71. The van der Waals surface area contributed by atoms with Gasteiger partial charge in [0.05, 0.1) is 5.56 Å². The Morgan fingerprint density at radius 1 is 1.04 bits per heavy atom. The van der Waals surface area contributed by atoms with Gasteiger partial charge in [0.25, 0.3) is 5.91 Å². The highest BCUT2D eigenvalue weighted by molar-refractivity contribution is 7.98. The number of hydrogen-bond donors (Lipinski definition) is 0. The Hall–Kier alpha value is -1.74. The number of piperidine rings is 1. The molecule has 0 saturated carbocycles. The summed E-state index contributed by atoms with van der Waals surface area (Å²) >= 11 is 1.75. The topological polar surface area (TPSA) is 20.3 Å². The van der Waals surface area contributed by atoms with Crippen molar-refractivity contribution < 1.29 is 4.79 Å². The molecule has 0 unspecified atom stereocenters. The number of nitrogens with zero attached hydrogens (tertiary/aromatic N) is 1. The molecule has 23 heavy (non-hydrogen) atoms. The lowest BCUT2D eigenvalue weighted by Gasteiger charge is -2.30. The van der Waals surface area contributed by atoms with Gasteiger partial charge in [0, 0.05) is 23.7 Å². The molecule has 0 aromatic heterocycles. The smallest absolute Gasteiger partial charge is 0.254 e. The minimum Gasteiger partial charge on any atom is -0.339 e. The summed E-state index contributed by atoms with van der Waals surface area (Å²) in [6.07, 6.45) is 2.23. The summed E-state index contributed by atoms with van der Waals surface area (Å²) in [6.45, 7) is 4.04. The zero-order valence-corrected chi connectivity index (χ0v) is 14.4. The number of thioether (sulfide) groups is 1. The fourth-order valence-electron chi connectivity index (χ4n) is 2.89. The van der Waals surface area contributed by atoms with Gasteiger partial charge in [0.15, 0.2) is 0 Å². The van der Waals surface area contributed by atoms with Crippen LogP contribution in [-0.4, -0.2) is 23.9 Å². The van der Waals surface area contributed by atoms with Crippen LogP contribution in [0.4, 0.5) is 0 Å². The molecule has 0 N–H and O–H groups in total. The minimum atomic E-state index is 0.188. The highest BCUT2D eigenvalue weighted by Gasteiger charge is 2.23. The standard InChI is InChI=1S/C20H23NOS/c1-16-11-13-21(14-12-16)20(22)18-9-5-6-10-19(18)23-15-17-7-3-2-4-8-17/h2-10,16H,11-15H2,1H3. The van der Waals surface area contributed by atoms with E-state index in [4.69, 9.17) is 0 Å². The molecule has 0 aliphatic carbocycles. The Kier molecular flexibility index (Phi) is 5.39. The molecule has 3 rings (SSSR count). The number of carbonyl (C=O) groups excluding carboxylic acids is 1. The largest absolute Gasteiger partial charge is 0.339 e. The van der Waals surface area contributed by atoms with Crippen LogP contribution in [0.5, 0.6) is 0 Å². The van der Waals surface area contributed by atoms with E-state index in [1.165, 1.54) is 5.56 Å². The molecule has 1 saturated heterocycles. The minimum absolute atomic E-state index is 0.188. The lowest BCUT2D eigenvalue weighted by Crippen LogP contribution is -2.38. The number of carbonyl (C=O) groups is 1. The molecule has 1 heterocycles. The molecule has 1 fully saturated rings. The van der Waals surface area contributed by atoms with Gasteiger partial charge in [0.1, 0.15) is 0 Å². The summed E-state index contributed by atoms with van der Waals surface area (Å²) in [7, 11) is 0. The third-order valence-corrected chi connectivity index (χ3v) is 5.57. The molecule has 0 spiro atoms. The van der Waals surface area contributed by atoms with Crippen LogP contribution in [-0.2, 0) is 5.75 Å². The summed E-state index contributed by atoms with van der Waals surface area (Å²) < 4.78 is 0. The molecule has 2 aromatic rings. The van der Waals surface area contributed by atoms with Crippen molar-refractivity contribution in [3.05, 3.63) is 65.7 Å². The number of hydrogen-bond acceptors (Lipinski definition) is 2. The average Bonchev–Trinajstić information content (AvgIpc) is 2.61. The summed E-state index contributed by atoms with van der Waals surface area (Å²) in [5, 5.41) is 0. The van der Waals surface area contributed by atoms with Crippen LogP contribution in [0.1, 0.15) is 35.7 Å². The SMILES string of the molecule is CC1CCN(C(=O)c2ccccc2SCc2ccccc2)CC1. The van der Waals surface area contributed by atoms with Gasteiger partial charge >= 0.3 is 0 Å². The predicted octanol–water partition coefficient (Wildman–Crippen LogP) is 4.85. The molecule has 0 radical (unpaired) electrons. The lowest BCUT2D eigenvalue weighted by molar-refractivity contribution is 0.0693. The van der Waals surface area contributed by atoms with E-state index in [1.54, 1.807) is 11.8 Å². The summed E-state index contributed by atoms with van der Waals surface area (Å²) in [5.41, 5.74) is 2.13. The van der Waals surface area contributed by atoms with Gasteiger partial charge in [-0.2, -0.15) is 0 Å². The maximum atomic E-state index is 12.9. The molecule has 0 atom stereocenters. The molecular formula is C20H23NOS. The second kappa shape index (κ2) is 7.69. The molecule has 1 aliphatic rings. The molecular weight excluding hydrogens is 302 g/mol. The first-order chi connectivity index (χ1) is 11.2. The van der Waals surface area contributed by atoms with Gasteiger partial charge in [-0.05, 0) is 36.5 Å². The maximum absolute atomic E-state index is 12.9. The predicted molar refractivity (Wildman–Crippen MR) is 96.7 cm³/mol. The van der Waals surface area contributed by atoms with Crippen molar-refractivity contribution in [1.29, 1.82) is 0 Å². The molecule has 0 bridgehead atoms. The molecule has 2 nitrogen and oxygen atoms in total. The Labute approximate surface area is 142 Å². The van der Waals surface area contributed by atoms with Crippen LogP contribution >= 0.6 is 11.8 Å². The Morgan fingerprint density at radius 3 is 2.43 bits per heavy atom. The van der Waals surface area contributed by atoms with Crippen LogP contribution in [0.3, 0.4) is 0 Å². The van der Waals surface area contributed by atoms with Crippen LogP contribution in [0.15, 0.2) is 59.5 Å². The number of rotatable bonds is 4. The van der Waals surface area contributed by atoms with E-state index in [0.717, 1.165) is 48.1 Å². The zero-order chi connectivity index (χ0) is 16.1. The number of likely N-dealkylation sites (tertiary alicyclic amines) is 1. The van der Waals surface area contributed by atoms with Crippen LogP contribution in [0.2, 0.25) is 0 Å². The lowest BCUT2D eigenvalue weighted by atomic mass is 9.98. The second-order valence-electron chi connectivity index (χ2n) is 6.25. The van der Waals surface area contributed by atoms with Gasteiger partial charge in [-0.15, -0.1) is 11.8 Å². The molecule has 1 amide bonds. The van der Waals surface area contributed by atoms with Gasteiger partial charge < -0.3 is 4.90 Å². The van der Waals surface area contributed by atoms with E-state index in [1.807, 2.05) is 29.2 Å². The van der Waals surface area contributed by atoms with E-state index in [0.29, 0.717) is 0 Å². The Morgan fingerprint density at radius 2 is 1.70 bits per heavy atom. The maximum Gasteiger partial charge on any atom is 0.254 e. The fraction of sp³-hybridized carbons (Fsp3) is 0.350. The van der Waals surface area contributed by atoms with E-state index in [-0.39, 0.29) is 5.91 Å². The monoisotopic (exact) mass is 325 g/mol. The fourth-order valence-corrected chi connectivity index (χ4v) is 3.89. The molecule has 3 heteroatoms. The van der Waals surface area contributed by atoms with Crippen LogP contribution in [0.25, 0.3) is 0 Å². The van der Waals surface area contributed by atoms with Crippen LogP contribution < -0.4 is 0 Å². The quantitative estimate of drug-likeness (QED) is 0.749. The van der Waals surface area contributed by atoms with Crippen molar-refractivity contribution in [2.24, 2.45) is 5.92 Å². The molecule has 1 aliphatic heterocycles. The molecule has 120 valence electrons. The molecule has 2 aromatic carbocycles. The first-order valence-electron chi connectivity index (χ1n) is 8.29. The van der Waals surface area contributed by atoms with Crippen molar-refractivity contribution in [2.75, 3.05) is 13.1 Å². The highest BCUT2D eigenvalue weighted by Crippen LogP contribution is 2.28. The van der Waals surface area contributed by atoms with Gasteiger partial charge in [-0.1, -0.05) is 49.4 Å². The highest BCUT2D eigenvalue weighted by atomic mass is 32.2. The first kappa shape index (κ1) is 16.1. The first-order valence-corrected chi connectivity index (χ1v) is 9.27. The van der Waals surface area contributed by atoms with Crippen LogP contribution in [0, 0.1) is 5.92 Å². The van der Waals surface area contributed by atoms with Crippen molar-refractivity contribution in [2.45, 2.75) is 30.4 Å². The van der Waals surface area contributed by atoms with Gasteiger partial charge in [-0.3, -0.25) is 4.79 Å². The third-order valence-electron chi connectivity index (χ3n) is 4.43. The zero-order valence-electron chi connectivity index (χ0n) is 13.6. The van der Waals surface area contributed by atoms with E-state index in [2.05, 4.69) is 37.3 Å². The number of benzene rings is 2.